The van der Waals surface area contributed by atoms with Crippen molar-refractivity contribution in [2.45, 2.75) is 37.7 Å². The van der Waals surface area contributed by atoms with Crippen molar-refractivity contribution in [2.24, 2.45) is 7.05 Å². The Hall–Kier alpha value is -2.39. The highest BCUT2D eigenvalue weighted by atomic mass is 19.4. The van der Waals surface area contributed by atoms with Gasteiger partial charge in [-0.1, -0.05) is 30.3 Å². The van der Waals surface area contributed by atoms with Gasteiger partial charge in [-0.05, 0) is 18.4 Å². The summed E-state index contributed by atoms with van der Waals surface area (Å²) in [5.41, 5.74) is 2.49. The van der Waals surface area contributed by atoms with Gasteiger partial charge in [0.05, 0.1) is 12.3 Å². The Labute approximate surface area is 154 Å². The SMILES string of the molecule is Cn1cc(CN2CC[C@H](O)[C@@H]2Cc2ccccc2)cn1.O=C(O)C(F)(F)F. The van der Waals surface area contributed by atoms with Crippen molar-refractivity contribution < 1.29 is 28.2 Å². The number of hydrogen-bond acceptors (Lipinski definition) is 4. The summed E-state index contributed by atoms with van der Waals surface area (Å²) < 4.78 is 33.6. The van der Waals surface area contributed by atoms with Crippen LogP contribution in [0.25, 0.3) is 0 Å². The van der Waals surface area contributed by atoms with Gasteiger partial charge in [-0.2, -0.15) is 18.3 Å². The molecule has 1 aromatic carbocycles. The molecular weight excluding hydrogens is 363 g/mol. The summed E-state index contributed by atoms with van der Waals surface area (Å²) in [6.07, 6.45) is 0.404. The van der Waals surface area contributed by atoms with Crippen molar-refractivity contribution in [1.82, 2.24) is 14.7 Å². The van der Waals surface area contributed by atoms with Crippen LogP contribution < -0.4 is 0 Å². The Bertz CT molecular complexity index is 734. The fraction of sp³-hybridized carbons (Fsp3) is 0.444. The van der Waals surface area contributed by atoms with E-state index in [-0.39, 0.29) is 12.1 Å². The molecule has 2 N–H and O–H groups in total. The normalized spacial score (nSPS) is 20.2. The van der Waals surface area contributed by atoms with Gasteiger partial charge in [-0.15, -0.1) is 0 Å². The molecule has 2 heterocycles. The number of aryl methyl sites for hydroxylation is 1. The van der Waals surface area contributed by atoms with Crippen LogP contribution in [0.3, 0.4) is 0 Å². The minimum atomic E-state index is -5.08. The Morgan fingerprint density at radius 2 is 1.89 bits per heavy atom. The first-order chi connectivity index (χ1) is 12.7. The number of nitrogens with zero attached hydrogens (tertiary/aromatic N) is 3. The molecule has 1 aliphatic rings. The Balaban J connectivity index is 0.000000321. The Morgan fingerprint density at radius 3 is 2.41 bits per heavy atom. The number of rotatable bonds is 4. The molecule has 0 saturated carbocycles. The number of carbonyl (C=O) groups is 1. The lowest BCUT2D eigenvalue weighted by Gasteiger charge is -2.25. The smallest absolute Gasteiger partial charge is 0.475 e. The summed E-state index contributed by atoms with van der Waals surface area (Å²) in [6.45, 7) is 1.82. The molecule has 1 saturated heterocycles. The molecule has 0 radical (unpaired) electrons. The first-order valence-corrected chi connectivity index (χ1v) is 8.40. The Kier molecular flexibility index (Phi) is 6.98. The number of hydrogen-bond donors (Lipinski definition) is 2. The van der Waals surface area contributed by atoms with E-state index in [9.17, 15) is 18.3 Å². The van der Waals surface area contributed by atoms with Crippen LogP contribution >= 0.6 is 0 Å². The average molecular weight is 385 g/mol. The third-order valence-electron chi connectivity index (χ3n) is 4.30. The fourth-order valence-electron chi connectivity index (χ4n) is 3.00. The van der Waals surface area contributed by atoms with Gasteiger partial charge in [0, 0.05) is 37.9 Å². The van der Waals surface area contributed by atoms with E-state index in [2.05, 4.69) is 34.3 Å². The average Bonchev–Trinajstić information content (AvgIpc) is 3.16. The topological polar surface area (TPSA) is 78.6 Å². The van der Waals surface area contributed by atoms with Gasteiger partial charge in [0.15, 0.2) is 0 Å². The lowest BCUT2D eigenvalue weighted by molar-refractivity contribution is -0.192. The lowest BCUT2D eigenvalue weighted by Crippen LogP contribution is -2.36. The Morgan fingerprint density at radius 1 is 1.26 bits per heavy atom. The largest absolute Gasteiger partial charge is 0.490 e. The molecule has 148 valence electrons. The number of carboxylic acid groups (broad SMARTS) is 1. The molecule has 0 aliphatic carbocycles. The molecule has 0 spiro atoms. The minimum Gasteiger partial charge on any atom is -0.475 e. The molecule has 0 unspecified atom stereocenters. The highest BCUT2D eigenvalue weighted by Crippen LogP contribution is 2.23. The van der Waals surface area contributed by atoms with Crippen molar-refractivity contribution in [3.05, 3.63) is 53.9 Å². The molecule has 0 bridgehead atoms. The molecule has 2 aromatic rings. The van der Waals surface area contributed by atoms with Crippen molar-refractivity contribution in [3.8, 4) is 0 Å². The van der Waals surface area contributed by atoms with E-state index in [0.717, 1.165) is 25.9 Å². The summed E-state index contributed by atoms with van der Waals surface area (Å²) in [7, 11) is 1.93. The molecule has 1 aromatic heterocycles. The van der Waals surface area contributed by atoms with Crippen LogP contribution in [0.15, 0.2) is 42.7 Å². The maximum Gasteiger partial charge on any atom is 0.490 e. The summed E-state index contributed by atoms with van der Waals surface area (Å²) in [5, 5.41) is 21.6. The first-order valence-electron chi connectivity index (χ1n) is 8.40. The summed E-state index contributed by atoms with van der Waals surface area (Å²) in [6, 6.07) is 10.6. The zero-order valence-electron chi connectivity index (χ0n) is 14.8. The van der Waals surface area contributed by atoms with E-state index in [1.54, 1.807) is 0 Å². The number of aliphatic hydroxyl groups is 1. The molecule has 27 heavy (non-hydrogen) atoms. The number of benzene rings is 1. The van der Waals surface area contributed by atoms with E-state index in [4.69, 9.17) is 9.90 Å². The maximum atomic E-state index is 10.6. The second kappa shape index (κ2) is 9.01. The van der Waals surface area contributed by atoms with Crippen LogP contribution in [0, 0.1) is 0 Å². The number of halogens is 3. The molecular formula is C18H22F3N3O3. The quantitative estimate of drug-likeness (QED) is 0.844. The number of likely N-dealkylation sites (tertiary alicyclic amines) is 1. The molecule has 2 atom stereocenters. The highest BCUT2D eigenvalue weighted by Gasteiger charge is 2.38. The number of alkyl halides is 3. The van der Waals surface area contributed by atoms with E-state index in [1.165, 1.54) is 11.1 Å². The summed E-state index contributed by atoms with van der Waals surface area (Å²) >= 11 is 0. The molecule has 3 rings (SSSR count). The van der Waals surface area contributed by atoms with Gasteiger partial charge < -0.3 is 10.2 Å². The molecule has 1 aliphatic heterocycles. The van der Waals surface area contributed by atoms with Gasteiger partial charge >= 0.3 is 12.1 Å². The monoisotopic (exact) mass is 385 g/mol. The summed E-state index contributed by atoms with van der Waals surface area (Å²) in [5.74, 6) is -2.76. The van der Waals surface area contributed by atoms with Crippen LogP contribution in [-0.4, -0.2) is 55.7 Å². The highest BCUT2D eigenvalue weighted by molar-refractivity contribution is 5.73. The van der Waals surface area contributed by atoms with Crippen LogP contribution in [0.4, 0.5) is 13.2 Å². The van der Waals surface area contributed by atoms with Crippen molar-refractivity contribution in [3.63, 3.8) is 0 Å². The fourth-order valence-corrected chi connectivity index (χ4v) is 3.00. The van der Waals surface area contributed by atoms with Crippen LogP contribution in [0.5, 0.6) is 0 Å². The van der Waals surface area contributed by atoms with E-state index >= 15 is 0 Å². The van der Waals surface area contributed by atoms with E-state index in [1.807, 2.05) is 30.2 Å². The second-order valence-electron chi connectivity index (χ2n) is 6.41. The van der Waals surface area contributed by atoms with Crippen molar-refractivity contribution >= 4 is 5.97 Å². The zero-order valence-corrected chi connectivity index (χ0v) is 14.8. The predicted molar refractivity (Wildman–Crippen MR) is 91.9 cm³/mol. The van der Waals surface area contributed by atoms with Crippen LogP contribution in [0.2, 0.25) is 0 Å². The van der Waals surface area contributed by atoms with Crippen LogP contribution in [-0.2, 0) is 24.8 Å². The number of aliphatic carboxylic acids is 1. The first kappa shape index (κ1) is 20.9. The zero-order chi connectivity index (χ0) is 20.0. The van der Waals surface area contributed by atoms with Gasteiger partial charge in [0.1, 0.15) is 0 Å². The van der Waals surface area contributed by atoms with Crippen molar-refractivity contribution in [2.75, 3.05) is 6.54 Å². The number of aliphatic hydroxyl groups excluding tert-OH is 1. The maximum absolute atomic E-state index is 10.6. The van der Waals surface area contributed by atoms with Gasteiger partial charge in [0.25, 0.3) is 0 Å². The van der Waals surface area contributed by atoms with Crippen molar-refractivity contribution in [1.29, 1.82) is 0 Å². The molecule has 0 amide bonds. The van der Waals surface area contributed by atoms with E-state index < -0.39 is 12.1 Å². The predicted octanol–water partition coefficient (Wildman–Crippen LogP) is 2.23. The minimum absolute atomic E-state index is 0.206. The number of aromatic nitrogens is 2. The van der Waals surface area contributed by atoms with Gasteiger partial charge in [0.2, 0.25) is 0 Å². The third kappa shape index (κ3) is 6.37. The molecule has 9 heteroatoms. The van der Waals surface area contributed by atoms with E-state index in [0.29, 0.717) is 0 Å². The molecule has 6 nitrogen and oxygen atoms in total. The van der Waals surface area contributed by atoms with Gasteiger partial charge in [-0.25, -0.2) is 4.79 Å². The second-order valence-corrected chi connectivity index (χ2v) is 6.41. The lowest BCUT2D eigenvalue weighted by atomic mass is 10.0. The number of carboxylic acids is 1. The van der Waals surface area contributed by atoms with Crippen LogP contribution in [0.1, 0.15) is 17.5 Å². The standard InChI is InChI=1S/C16H21N3O.C2HF3O2/c1-18-11-14(10-17-18)12-19-8-7-16(20)15(19)9-13-5-3-2-4-6-13;3-2(4,5)1(6)7/h2-6,10-11,15-16,20H,7-9,12H2,1H3;(H,6,7)/t15-,16-;/m0./s1. The third-order valence-corrected chi connectivity index (χ3v) is 4.30. The summed E-state index contributed by atoms with van der Waals surface area (Å²) in [4.78, 5) is 11.3. The molecule has 1 fully saturated rings. The van der Waals surface area contributed by atoms with Gasteiger partial charge in [-0.3, -0.25) is 9.58 Å².